The van der Waals surface area contributed by atoms with Crippen LogP contribution in [0.4, 0.5) is 0 Å². The van der Waals surface area contributed by atoms with Crippen LogP contribution in [0, 0.1) is 5.92 Å². The van der Waals surface area contributed by atoms with E-state index >= 15 is 0 Å². The molecule has 0 aromatic rings. The summed E-state index contributed by atoms with van der Waals surface area (Å²) in [4.78, 5) is 10.5. The summed E-state index contributed by atoms with van der Waals surface area (Å²) in [5.74, 6) is 0.373. The first-order valence-corrected chi connectivity index (χ1v) is 5.36. The number of esters is 1. The summed E-state index contributed by atoms with van der Waals surface area (Å²) in [6, 6.07) is 0. The minimum Gasteiger partial charge on any atom is -0.466 e. The van der Waals surface area contributed by atoms with Crippen molar-refractivity contribution in [3.8, 4) is 0 Å². The highest BCUT2D eigenvalue weighted by Crippen LogP contribution is 2.17. The number of rotatable bonds is 7. The number of carbonyl (C=O) groups excluding carboxylic acids is 1. The molecule has 0 saturated carbocycles. The summed E-state index contributed by atoms with van der Waals surface area (Å²) in [6.45, 7) is 10.3. The van der Waals surface area contributed by atoms with Crippen molar-refractivity contribution in [1.29, 1.82) is 0 Å². The highest BCUT2D eigenvalue weighted by Gasteiger charge is 2.04. The maximum Gasteiger partial charge on any atom is 0.302 e. The summed E-state index contributed by atoms with van der Waals surface area (Å²) in [5, 5.41) is 0. The second kappa shape index (κ2) is 7.60. The summed E-state index contributed by atoms with van der Waals surface area (Å²) in [7, 11) is 0. The van der Waals surface area contributed by atoms with E-state index in [0.717, 1.165) is 25.7 Å². The maximum atomic E-state index is 10.5. The van der Waals surface area contributed by atoms with Crippen molar-refractivity contribution in [2.24, 2.45) is 5.92 Å². The van der Waals surface area contributed by atoms with Crippen LogP contribution in [-0.2, 0) is 9.53 Å². The largest absolute Gasteiger partial charge is 0.466 e. The molecule has 1 unspecified atom stereocenters. The van der Waals surface area contributed by atoms with Crippen LogP contribution in [0.3, 0.4) is 0 Å². The summed E-state index contributed by atoms with van der Waals surface area (Å²) in [6.07, 6.45) is 4.25. The molecule has 0 fully saturated rings. The molecule has 0 aliphatic heterocycles. The SMILES string of the molecule is C=C(CCC)CC(C)CCOC(C)=O. The molecule has 0 N–H and O–H groups in total. The molecule has 1 atom stereocenters. The Morgan fingerprint density at radius 3 is 2.64 bits per heavy atom. The highest BCUT2D eigenvalue weighted by molar-refractivity contribution is 5.65. The van der Waals surface area contributed by atoms with Crippen molar-refractivity contribution in [2.75, 3.05) is 6.61 Å². The minimum absolute atomic E-state index is 0.190. The van der Waals surface area contributed by atoms with Gasteiger partial charge in [0.2, 0.25) is 0 Å². The molecule has 0 heterocycles. The molecular formula is C12H22O2. The topological polar surface area (TPSA) is 26.3 Å². The van der Waals surface area contributed by atoms with Gasteiger partial charge in [-0.2, -0.15) is 0 Å². The molecule has 0 saturated heterocycles. The lowest BCUT2D eigenvalue weighted by Crippen LogP contribution is -2.06. The third-order valence-corrected chi connectivity index (χ3v) is 2.16. The fourth-order valence-corrected chi connectivity index (χ4v) is 1.45. The first-order chi connectivity index (χ1) is 6.56. The van der Waals surface area contributed by atoms with Crippen LogP contribution in [0.1, 0.15) is 46.5 Å². The van der Waals surface area contributed by atoms with E-state index in [1.807, 2.05) is 0 Å². The third kappa shape index (κ3) is 7.84. The zero-order chi connectivity index (χ0) is 11.0. The summed E-state index contributed by atoms with van der Waals surface area (Å²) in [5.41, 5.74) is 1.31. The Morgan fingerprint density at radius 1 is 1.50 bits per heavy atom. The highest BCUT2D eigenvalue weighted by atomic mass is 16.5. The molecule has 0 aromatic heterocycles. The Morgan fingerprint density at radius 2 is 2.14 bits per heavy atom. The van der Waals surface area contributed by atoms with Crippen LogP contribution < -0.4 is 0 Å². The molecule has 0 amide bonds. The molecule has 0 bridgehead atoms. The molecule has 0 aliphatic rings. The Kier molecular flexibility index (Phi) is 7.17. The Labute approximate surface area is 87.3 Å². The van der Waals surface area contributed by atoms with Gasteiger partial charge in [0.05, 0.1) is 6.61 Å². The van der Waals surface area contributed by atoms with E-state index in [4.69, 9.17) is 4.74 Å². The minimum atomic E-state index is -0.190. The van der Waals surface area contributed by atoms with Crippen molar-refractivity contribution >= 4 is 5.97 Å². The maximum absolute atomic E-state index is 10.5. The number of hydrogen-bond donors (Lipinski definition) is 0. The zero-order valence-corrected chi connectivity index (χ0v) is 9.64. The van der Waals surface area contributed by atoms with Gasteiger partial charge in [-0.05, 0) is 25.2 Å². The molecule has 2 heteroatoms. The van der Waals surface area contributed by atoms with Gasteiger partial charge < -0.3 is 4.74 Å². The normalized spacial score (nSPS) is 12.2. The standard InChI is InChI=1S/C12H22O2/c1-5-6-10(2)9-11(3)7-8-14-12(4)13/h11H,2,5-9H2,1,3-4H3. The van der Waals surface area contributed by atoms with Crippen molar-refractivity contribution in [3.63, 3.8) is 0 Å². The van der Waals surface area contributed by atoms with Gasteiger partial charge in [-0.1, -0.05) is 32.4 Å². The van der Waals surface area contributed by atoms with Gasteiger partial charge in [-0.15, -0.1) is 0 Å². The molecular weight excluding hydrogens is 176 g/mol. The van der Waals surface area contributed by atoms with E-state index in [1.165, 1.54) is 12.5 Å². The summed E-state index contributed by atoms with van der Waals surface area (Å²) < 4.78 is 4.89. The van der Waals surface area contributed by atoms with Crippen molar-refractivity contribution in [2.45, 2.75) is 46.5 Å². The van der Waals surface area contributed by atoms with E-state index in [9.17, 15) is 4.79 Å². The molecule has 0 spiro atoms. The molecule has 0 aromatic carbocycles. The molecule has 14 heavy (non-hydrogen) atoms. The molecule has 0 aliphatic carbocycles. The Balaban J connectivity index is 3.49. The molecule has 2 nitrogen and oxygen atoms in total. The van der Waals surface area contributed by atoms with Gasteiger partial charge in [0.15, 0.2) is 0 Å². The van der Waals surface area contributed by atoms with Crippen LogP contribution in [0.2, 0.25) is 0 Å². The van der Waals surface area contributed by atoms with Crippen LogP contribution in [-0.4, -0.2) is 12.6 Å². The number of hydrogen-bond acceptors (Lipinski definition) is 2. The summed E-state index contributed by atoms with van der Waals surface area (Å²) >= 11 is 0. The average Bonchev–Trinajstić information content (AvgIpc) is 2.03. The van der Waals surface area contributed by atoms with Gasteiger partial charge in [0, 0.05) is 6.92 Å². The van der Waals surface area contributed by atoms with Crippen LogP contribution in [0.5, 0.6) is 0 Å². The fraction of sp³-hybridized carbons (Fsp3) is 0.750. The van der Waals surface area contributed by atoms with E-state index in [-0.39, 0.29) is 5.97 Å². The molecule has 0 rings (SSSR count). The Bertz CT molecular complexity index is 185. The van der Waals surface area contributed by atoms with Gasteiger partial charge in [0.25, 0.3) is 0 Å². The van der Waals surface area contributed by atoms with Crippen molar-refractivity contribution in [1.82, 2.24) is 0 Å². The quantitative estimate of drug-likeness (QED) is 0.463. The van der Waals surface area contributed by atoms with E-state index in [1.54, 1.807) is 0 Å². The fourth-order valence-electron chi connectivity index (χ4n) is 1.45. The van der Waals surface area contributed by atoms with Gasteiger partial charge in [-0.25, -0.2) is 0 Å². The lowest BCUT2D eigenvalue weighted by molar-refractivity contribution is -0.141. The number of carbonyl (C=O) groups is 1. The van der Waals surface area contributed by atoms with Crippen molar-refractivity contribution in [3.05, 3.63) is 12.2 Å². The van der Waals surface area contributed by atoms with E-state index in [0.29, 0.717) is 12.5 Å². The molecule has 82 valence electrons. The second-order valence-electron chi connectivity index (χ2n) is 3.94. The zero-order valence-electron chi connectivity index (χ0n) is 9.64. The first kappa shape index (κ1) is 13.2. The van der Waals surface area contributed by atoms with Crippen molar-refractivity contribution < 1.29 is 9.53 Å². The van der Waals surface area contributed by atoms with Gasteiger partial charge >= 0.3 is 5.97 Å². The predicted octanol–water partition coefficient (Wildman–Crippen LogP) is 3.32. The third-order valence-electron chi connectivity index (χ3n) is 2.16. The monoisotopic (exact) mass is 198 g/mol. The predicted molar refractivity (Wildman–Crippen MR) is 59.1 cm³/mol. The average molecular weight is 198 g/mol. The van der Waals surface area contributed by atoms with Crippen LogP contribution in [0.25, 0.3) is 0 Å². The molecule has 0 radical (unpaired) electrons. The number of ether oxygens (including phenoxy) is 1. The lowest BCUT2D eigenvalue weighted by Gasteiger charge is -2.12. The smallest absolute Gasteiger partial charge is 0.302 e. The van der Waals surface area contributed by atoms with Crippen LogP contribution >= 0.6 is 0 Å². The first-order valence-electron chi connectivity index (χ1n) is 5.36. The van der Waals surface area contributed by atoms with Gasteiger partial charge in [0.1, 0.15) is 0 Å². The lowest BCUT2D eigenvalue weighted by atomic mass is 9.97. The van der Waals surface area contributed by atoms with Gasteiger partial charge in [-0.3, -0.25) is 4.79 Å². The van der Waals surface area contributed by atoms with Crippen LogP contribution in [0.15, 0.2) is 12.2 Å². The van der Waals surface area contributed by atoms with E-state index in [2.05, 4.69) is 20.4 Å². The van der Waals surface area contributed by atoms with E-state index < -0.39 is 0 Å². The Hall–Kier alpha value is -0.790. The second-order valence-corrected chi connectivity index (χ2v) is 3.94. The number of allylic oxidation sites excluding steroid dienone is 1.